The fourth-order valence-corrected chi connectivity index (χ4v) is 6.32. The van der Waals surface area contributed by atoms with Crippen molar-refractivity contribution in [2.24, 2.45) is 11.0 Å². The number of halogens is 4. The smallest absolute Gasteiger partial charge is 0.417 e. The van der Waals surface area contributed by atoms with Gasteiger partial charge in [-0.15, -0.1) is 0 Å². The number of amides is 2. The molecule has 0 aliphatic carbocycles. The van der Waals surface area contributed by atoms with E-state index in [9.17, 15) is 27.6 Å². The predicted octanol–water partition coefficient (Wildman–Crippen LogP) is 7.14. The van der Waals surface area contributed by atoms with Gasteiger partial charge in [-0.25, -0.2) is 5.43 Å². The first-order valence-corrected chi connectivity index (χ1v) is 16.8. The van der Waals surface area contributed by atoms with E-state index in [2.05, 4.69) is 25.6 Å². The molecule has 2 aliphatic heterocycles. The van der Waals surface area contributed by atoms with E-state index in [0.29, 0.717) is 18.7 Å². The second kappa shape index (κ2) is 16.3. The lowest BCUT2D eigenvalue weighted by atomic mass is 9.96. The summed E-state index contributed by atoms with van der Waals surface area (Å²) in [4.78, 5) is 43.4. The summed E-state index contributed by atoms with van der Waals surface area (Å²) in [7, 11) is 0. The van der Waals surface area contributed by atoms with Gasteiger partial charge < -0.3 is 15.0 Å². The maximum absolute atomic E-state index is 13.5. The first kappa shape index (κ1) is 35.9. The van der Waals surface area contributed by atoms with Crippen molar-refractivity contribution in [2.45, 2.75) is 51.7 Å². The molecule has 3 aromatic rings. The molecule has 0 saturated carbocycles. The summed E-state index contributed by atoms with van der Waals surface area (Å²) in [6, 6.07) is 15.8. The number of benzene rings is 3. The molecule has 0 aromatic heterocycles. The molecule has 260 valence electrons. The molecule has 13 heteroatoms. The van der Waals surface area contributed by atoms with Gasteiger partial charge in [-0.05, 0) is 106 Å². The number of nitrogens with zero attached hydrogens (tertiary/aromatic N) is 3. The van der Waals surface area contributed by atoms with Crippen molar-refractivity contribution in [2.75, 3.05) is 43.0 Å². The molecule has 0 atom stereocenters. The predicted molar refractivity (Wildman–Crippen MR) is 183 cm³/mol. The van der Waals surface area contributed by atoms with E-state index in [1.807, 2.05) is 12.1 Å². The van der Waals surface area contributed by atoms with Crippen molar-refractivity contribution in [3.8, 4) is 0 Å². The number of hydrogen-bond acceptors (Lipinski definition) is 7. The van der Waals surface area contributed by atoms with Gasteiger partial charge in [-0.3, -0.25) is 19.3 Å². The highest BCUT2D eigenvalue weighted by Gasteiger charge is 2.33. The van der Waals surface area contributed by atoms with Crippen LogP contribution in [0.3, 0.4) is 0 Å². The number of piperidine rings is 2. The van der Waals surface area contributed by atoms with E-state index in [4.69, 9.17) is 16.3 Å². The molecule has 2 N–H and O–H groups in total. The Morgan fingerprint density at radius 3 is 2.43 bits per heavy atom. The van der Waals surface area contributed by atoms with Crippen molar-refractivity contribution in [1.29, 1.82) is 0 Å². The largest absolute Gasteiger partial charge is 0.466 e. The first-order valence-electron chi connectivity index (χ1n) is 16.4. The molecule has 2 heterocycles. The number of likely N-dealkylation sites (tertiary alicyclic amines) is 1. The quantitative estimate of drug-likeness (QED) is 0.133. The Kier molecular flexibility index (Phi) is 11.9. The van der Waals surface area contributed by atoms with Crippen LogP contribution in [0, 0.1) is 5.92 Å². The molecule has 9 nitrogen and oxygen atoms in total. The van der Waals surface area contributed by atoms with Crippen molar-refractivity contribution in [3.05, 3.63) is 93.5 Å². The van der Waals surface area contributed by atoms with Crippen LogP contribution in [0.2, 0.25) is 5.02 Å². The Morgan fingerprint density at radius 1 is 0.959 bits per heavy atom. The Bertz CT molecular complexity index is 1690. The minimum Gasteiger partial charge on any atom is -0.466 e. The van der Waals surface area contributed by atoms with Crippen molar-refractivity contribution >= 4 is 47.0 Å². The van der Waals surface area contributed by atoms with E-state index < -0.39 is 28.6 Å². The molecule has 2 fully saturated rings. The summed E-state index contributed by atoms with van der Waals surface area (Å²) >= 11 is 5.71. The van der Waals surface area contributed by atoms with Crippen LogP contribution in [-0.4, -0.2) is 61.7 Å². The lowest BCUT2D eigenvalue weighted by Crippen LogP contribution is -2.36. The molecule has 49 heavy (non-hydrogen) atoms. The third-order valence-corrected chi connectivity index (χ3v) is 9.03. The maximum atomic E-state index is 13.5. The van der Waals surface area contributed by atoms with Crippen LogP contribution in [0.4, 0.5) is 24.5 Å². The minimum atomic E-state index is -4.64. The van der Waals surface area contributed by atoms with E-state index in [0.717, 1.165) is 87.9 Å². The van der Waals surface area contributed by atoms with Crippen LogP contribution in [0.25, 0.3) is 0 Å². The first-order chi connectivity index (χ1) is 23.5. The molecular formula is C36H39ClF3N5O4. The number of alkyl halides is 3. The molecule has 0 bridgehead atoms. The summed E-state index contributed by atoms with van der Waals surface area (Å²) in [6.45, 7) is 5.93. The average molecular weight is 698 g/mol. The highest BCUT2D eigenvalue weighted by Crippen LogP contribution is 2.35. The third kappa shape index (κ3) is 9.60. The maximum Gasteiger partial charge on any atom is 0.417 e. The summed E-state index contributed by atoms with van der Waals surface area (Å²) in [6.07, 6.45) is 1.05. The zero-order chi connectivity index (χ0) is 35.0. The van der Waals surface area contributed by atoms with Crippen LogP contribution in [0.15, 0.2) is 65.8 Å². The molecular weight excluding hydrogens is 659 g/mol. The minimum absolute atomic E-state index is 0.0913. The van der Waals surface area contributed by atoms with Gasteiger partial charge in [-0.1, -0.05) is 29.8 Å². The Morgan fingerprint density at radius 2 is 1.71 bits per heavy atom. The zero-order valence-corrected chi connectivity index (χ0v) is 27.9. The zero-order valence-electron chi connectivity index (χ0n) is 27.2. The Hall–Kier alpha value is -4.42. The molecule has 2 amide bonds. The Labute approximate surface area is 288 Å². The molecule has 0 spiro atoms. The van der Waals surface area contributed by atoms with Crippen molar-refractivity contribution in [1.82, 2.24) is 10.3 Å². The third-order valence-electron chi connectivity index (χ3n) is 8.70. The van der Waals surface area contributed by atoms with Gasteiger partial charge in [0.25, 0.3) is 11.8 Å². The number of hydrogen-bond donors (Lipinski definition) is 2. The van der Waals surface area contributed by atoms with E-state index >= 15 is 0 Å². The van der Waals surface area contributed by atoms with Crippen molar-refractivity contribution in [3.63, 3.8) is 0 Å². The summed E-state index contributed by atoms with van der Waals surface area (Å²) in [5, 5.41) is 6.31. The van der Waals surface area contributed by atoms with Crippen LogP contribution in [-0.2, 0) is 22.3 Å². The number of nitrogens with one attached hydrogen (secondary N) is 2. The van der Waals surface area contributed by atoms with E-state index in [1.54, 1.807) is 37.3 Å². The Balaban J connectivity index is 1.29. The summed E-state index contributed by atoms with van der Waals surface area (Å²) in [5.74, 6) is -1.29. The fraction of sp³-hybridized carbons (Fsp3) is 0.389. The van der Waals surface area contributed by atoms with Crippen LogP contribution in [0.5, 0.6) is 0 Å². The number of esters is 1. The average Bonchev–Trinajstić information content (AvgIpc) is 3.09. The van der Waals surface area contributed by atoms with Gasteiger partial charge in [0.2, 0.25) is 0 Å². The molecule has 5 rings (SSSR count). The highest BCUT2D eigenvalue weighted by atomic mass is 35.5. The molecule has 2 aliphatic rings. The fourth-order valence-electron chi connectivity index (χ4n) is 6.09. The number of ether oxygens (including phenoxy) is 1. The lowest BCUT2D eigenvalue weighted by Gasteiger charge is -2.30. The summed E-state index contributed by atoms with van der Waals surface area (Å²) in [5.41, 5.74) is 4.04. The second-order valence-electron chi connectivity index (χ2n) is 12.2. The standard InChI is InChI=1S/C36H39ClF3N5O4/c1-2-49-35(48)26-13-17-44(18-14-26)23-25-7-6-8-27(19-25)33(46)42-32-12-10-28(45-15-4-3-5-16-45)21-29(32)34(47)43-41-22-24-9-11-31(37)30(20-24)36(38,39)40/h6-12,19-22,26H,2-5,13-18,23H2,1H3,(H,42,46)(H,43,47). The van der Waals surface area contributed by atoms with Gasteiger partial charge in [0, 0.05) is 30.9 Å². The monoisotopic (exact) mass is 697 g/mol. The van der Waals surface area contributed by atoms with Gasteiger partial charge >= 0.3 is 12.1 Å². The molecule has 0 unspecified atom stereocenters. The number of anilines is 2. The highest BCUT2D eigenvalue weighted by molar-refractivity contribution is 6.31. The van der Waals surface area contributed by atoms with E-state index in [1.165, 1.54) is 6.07 Å². The number of carbonyl (C=O) groups is 3. The summed E-state index contributed by atoms with van der Waals surface area (Å²) < 4.78 is 45.1. The van der Waals surface area contributed by atoms with Gasteiger partial charge in [0.05, 0.1) is 40.6 Å². The van der Waals surface area contributed by atoms with Gasteiger partial charge in [-0.2, -0.15) is 18.3 Å². The van der Waals surface area contributed by atoms with Crippen LogP contribution >= 0.6 is 11.6 Å². The topological polar surface area (TPSA) is 103 Å². The number of carbonyl (C=O) groups excluding carboxylic acids is 3. The van der Waals surface area contributed by atoms with Crippen LogP contribution in [0.1, 0.15) is 76.4 Å². The molecule has 3 aromatic carbocycles. The van der Waals surface area contributed by atoms with Gasteiger partial charge in [0.15, 0.2) is 0 Å². The number of hydrazone groups is 1. The van der Waals surface area contributed by atoms with E-state index in [-0.39, 0.29) is 28.7 Å². The second-order valence-corrected chi connectivity index (χ2v) is 12.6. The molecule has 2 saturated heterocycles. The van der Waals surface area contributed by atoms with Crippen molar-refractivity contribution < 1.29 is 32.3 Å². The lowest BCUT2D eigenvalue weighted by molar-refractivity contribution is -0.149. The van der Waals surface area contributed by atoms with Gasteiger partial charge in [0.1, 0.15) is 0 Å². The van der Waals surface area contributed by atoms with Crippen LogP contribution < -0.4 is 15.6 Å². The normalized spacial score (nSPS) is 16.1. The molecule has 0 radical (unpaired) electrons. The number of rotatable bonds is 10. The SMILES string of the molecule is CCOC(=O)C1CCN(Cc2cccc(C(=O)Nc3ccc(N4CCCCC4)cc3C(=O)NN=Cc3ccc(Cl)c(C(F)(F)F)c3)c2)CC1.